The third-order valence-corrected chi connectivity index (χ3v) is 15.1. The third kappa shape index (κ3) is 6.18. The Labute approximate surface area is 423 Å². The van der Waals surface area contributed by atoms with E-state index in [1.54, 1.807) is 0 Å². The topological polar surface area (TPSA) is 61.9 Å². The summed E-state index contributed by atoms with van der Waals surface area (Å²) in [7, 11) is 0. The van der Waals surface area contributed by atoms with Crippen molar-refractivity contribution in [2.75, 3.05) is 0 Å². The van der Waals surface area contributed by atoms with Crippen molar-refractivity contribution >= 4 is 98.4 Å². The molecule has 0 aliphatic carbocycles. The summed E-state index contributed by atoms with van der Waals surface area (Å²) in [6, 6.07) is 86.5. The average Bonchev–Trinajstić information content (AvgIpc) is 4.23. The molecule has 11 aromatic carbocycles. The van der Waals surface area contributed by atoms with Crippen LogP contribution in [-0.4, -0.2) is 19.1 Å². The Morgan fingerprint density at radius 3 is 1.23 bits per heavy atom. The van der Waals surface area contributed by atoms with Crippen molar-refractivity contribution in [2.45, 2.75) is 0 Å². The first kappa shape index (κ1) is 40.7. The zero-order valence-electron chi connectivity index (χ0n) is 39.7. The van der Waals surface area contributed by atoms with Crippen LogP contribution in [0.15, 0.2) is 251 Å². The largest absolute Gasteiger partial charge is 0.456 e. The van der Waals surface area contributed by atoms with Gasteiger partial charge in [0.1, 0.15) is 22.3 Å². The van der Waals surface area contributed by atoms with Gasteiger partial charge in [-0.1, -0.05) is 146 Å². The number of aromatic nitrogens is 4. The quantitative estimate of drug-likeness (QED) is 0.167. The summed E-state index contributed by atoms with van der Waals surface area (Å²) >= 11 is 0. The fraction of sp³-hybridized carbons (Fsp3) is 0. The second kappa shape index (κ2) is 15.7. The van der Waals surface area contributed by atoms with Gasteiger partial charge in [-0.25, -0.2) is 9.97 Å². The molecule has 0 unspecified atom stereocenters. The Morgan fingerprint density at radius 1 is 0.257 bits per heavy atom. The van der Waals surface area contributed by atoms with E-state index < -0.39 is 0 Å². The maximum atomic E-state index is 6.23. The van der Waals surface area contributed by atoms with Gasteiger partial charge in [0.2, 0.25) is 0 Å². The first-order chi connectivity index (χ1) is 36.6. The highest BCUT2D eigenvalue weighted by Crippen LogP contribution is 2.42. The van der Waals surface area contributed by atoms with Crippen LogP contribution in [0, 0.1) is 0 Å². The molecule has 16 aromatic rings. The van der Waals surface area contributed by atoms with Gasteiger partial charge in [0, 0.05) is 71.0 Å². The molecule has 6 heteroatoms. The number of benzene rings is 11. The highest BCUT2D eigenvalue weighted by molar-refractivity contribution is 6.13. The normalized spacial score (nSPS) is 12.1. The predicted molar refractivity (Wildman–Crippen MR) is 305 cm³/mol. The molecular weight excluding hydrogens is 905 g/mol. The molecule has 0 N–H and O–H groups in total. The molecule has 0 saturated heterocycles. The molecule has 0 spiro atoms. The summed E-state index contributed by atoms with van der Waals surface area (Å²) in [4.78, 5) is 10.8. The van der Waals surface area contributed by atoms with E-state index in [0.29, 0.717) is 5.82 Å². The number of furan rings is 2. The minimum absolute atomic E-state index is 0.654. The standard InChI is InChI=1S/C68H40N4O2/c1-2-14-41(15-3-1)67-53-20-4-9-21-58(53)69-68(70-67)46-34-47(71-59-22-10-5-16-49(59)54-36-42(26-30-61(54)71)44-28-32-65-56(38-44)51-18-7-12-24-63(51)73-65)40-48(35-46)72-60-23-11-6-17-50(60)55-37-43(27-31-62(55)72)45-29-33-66-57(39-45)52-19-8-13-25-64(52)74-66/h1-40H. The maximum absolute atomic E-state index is 6.23. The fourth-order valence-corrected chi connectivity index (χ4v) is 11.7. The number of para-hydroxylation sites is 5. The molecule has 344 valence electrons. The van der Waals surface area contributed by atoms with E-state index >= 15 is 0 Å². The Balaban J connectivity index is 0.930. The third-order valence-electron chi connectivity index (χ3n) is 15.1. The predicted octanol–water partition coefficient (Wildman–Crippen LogP) is 18.3. The van der Waals surface area contributed by atoms with Crippen molar-refractivity contribution in [3.63, 3.8) is 0 Å². The number of nitrogens with zero attached hydrogens (tertiary/aromatic N) is 4. The molecule has 0 saturated carbocycles. The van der Waals surface area contributed by atoms with E-state index in [9.17, 15) is 0 Å². The van der Waals surface area contributed by atoms with E-state index in [1.807, 2.05) is 30.3 Å². The van der Waals surface area contributed by atoms with Crippen LogP contribution in [-0.2, 0) is 0 Å². The van der Waals surface area contributed by atoms with Crippen LogP contribution in [0.3, 0.4) is 0 Å². The smallest absolute Gasteiger partial charge is 0.160 e. The van der Waals surface area contributed by atoms with Gasteiger partial charge in [0.25, 0.3) is 0 Å². The summed E-state index contributed by atoms with van der Waals surface area (Å²) in [6.07, 6.45) is 0. The van der Waals surface area contributed by atoms with Crippen molar-refractivity contribution < 1.29 is 8.83 Å². The molecule has 5 aromatic heterocycles. The van der Waals surface area contributed by atoms with Crippen LogP contribution in [0.4, 0.5) is 0 Å². The minimum atomic E-state index is 0.654. The molecule has 0 aliphatic heterocycles. The molecule has 0 amide bonds. The lowest BCUT2D eigenvalue weighted by Gasteiger charge is -2.16. The van der Waals surface area contributed by atoms with Crippen molar-refractivity contribution in [3.05, 3.63) is 243 Å². The number of fused-ring (bicyclic) bond motifs is 13. The zero-order chi connectivity index (χ0) is 48.4. The molecule has 5 heterocycles. The van der Waals surface area contributed by atoms with Gasteiger partial charge in [-0.05, 0) is 119 Å². The lowest BCUT2D eigenvalue weighted by molar-refractivity contribution is 0.668. The lowest BCUT2D eigenvalue weighted by atomic mass is 10.0. The minimum Gasteiger partial charge on any atom is -0.456 e. The van der Waals surface area contributed by atoms with E-state index in [2.05, 4.69) is 221 Å². The molecule has 0 atom stereocenters. The van der Waals surface area contributed by atoms with Gasteiger partial charge in [-0.15, -0.1) is 0 Å². The summed E-state index contributed by atoms with van der Waals surface area (Å²) in [5, 5.41) is 10.2. The first-order valence-electron chi connectivity index (χ1n) is 25.0. The average molecular weight is 945 g/mol. The van der Waals surface area contributed by atoms with Gasteiger partial charge < -0.3 is 18.0 Å². The van der Waals surface area contributed by atoms with Crippen LogP contribution in [0.25, 0.3) is 155 Å². The Hall–Kier alpha value is -10.0. The molecule has 0 aliphatic rings. The Kier molecular flexibility index (Phi) is 8.64. The van der Waals surface area contributed by atoms with Crippen LogP contribution >= 0.6 is 0 Å². The highest BCUT2D eigenvalue weighted by atomic mass is 16.3. The van der Waals surface area contributed by atoms with Gasteiger partial charge >= 0.3 is 0 Å². The van der Waals surface area contributed by atoms with Gasteiger partial charge in [0.05, 0.1) is 33.3 Å². The number of rotatable bonds is 6. The van der Waals surface area contributed by atoms with E-state index in [1.165, 1.54) is 21.5 Å². The first-order valence-corrected chi connectivity index (χ1v) is 25.0. The van der Waals surface area contributed by atoms with Crippen molar-refractivity contribution in [2.24, 2.45) is 0 Å². The molecule has 6 nitrogen and oxygen atoms in total. The van der Waals surface area contributed by atoms with E-state index in [-0.39, 0.29) is 0 Å². The van der Waals surface area contributed by atoms with Gasteiger partial charge in [-0.3, -0.25) is 0 Å². The summed E-state index contributed by atoms with van der Waals surface area (Å²) in [6.45, 7) is 0. The summed E-state index contributed by atoms with van der Waals surface area (Å²) in [5.41, 5.74) is 18.3. The van der Waals surface area contributed by atoms with Crippen molar-refractivity contribution in [3.8, 4) is 56.3 Å². The van der Waals surface area contributed by atoms with Crippen molar-refractivity contribution in [1.82, 2.24) is 19.1 Å². The van der Waals surface area contributed by atoms with E-state index in [4.69, 9.17) is 18.8 Å². The van der Waals surface area contributed by atoms with Gasteiger partial charge in [-0.2, -0.15) is 0 Å². The van der Waals surface area contributed by atoms with Crippen LogP contribution < -0.4 is 0 Å². The highest BCUT2D eigenvalue weighted by Gasteiger charge is 2.21. The molecule has 74 heavy (non-hydrogen) atoms. The van der Waals surface area contributed by atoms with Gasteiger partial charge in [0.15, 0.2) is 5.82 Å². The van der Waals surface area contributed by atoms with E-state index in [0.717, 1.165) is 127 Å². The molecule has 0 fully saturated rings. The zero-order valence-corrected chi connectivity index (χ0v) is 39.7. The maximum Gasteiger partial charge on any atom is 0.160 e. The second-order valence-electron chi connectivity index (χ2n) is 19.3. The fourth-order valence-electron chi connectivity index (χ4n) is 11.7. The lowest BCUT2D eigenvalue weighted by Crippen LogP contribution is -2.02. The van der Waals surface area contributed by atoms with Crippen molar-refractivity contribution in [1.29, 1.82) is 0 Å². The van der Waals surface area contributed by atoms with Crippen LogP contribution in [0.2, 0.25) is 0 Å². The monoisotopic (exact) mass is 944 g/mol. The second-order valence-corrected chi connectivity index (χ2v) is 19.3. The molecular formula is C68H40N4O2. The Bertz CT molecular complexity index is 4730. The molecule has 0 radical (unpaired) electrons. The van der Waals surface area contributed by atoms with Crippen LogP contribution in [0.1, 0.15) is 0 Å². The molecule has 16 rings (SSSR count). The van der Waals surface area contributed by atoms with Crippen LogP contribution in [0.5, 0.6) is 0 Å². The number of hydrogen-bond donors (Lipinski definition) is 0. The summed E-state index contributed by atoms with van der Waals surface area (Å²) in [5.74, 6) is 0.654. The summed E-state index contributed by atoms with van der Waals surface area (Å²) < 4.78 is 17.3. The SMILES string of the molecule is c1ccc(-c2nc(-c3cc(-n4c5ccccc5c5cc(-c6ccc7oc8ccccc8c7c6)ccc54)cc(-n4c5ccccc5c5cc(-c6ccc7oc8ccccc8c7c6)ccc54)c3)nc3ccccc23)cc1. The number of hydrogen-bond acceptors (Lipinski definition) is 4. The Morgan fingerprint density at radius 2 is 0.676 bits per heavy atom. The molecule has 0 bridgehead atoms.